The van der Waals surface area contributed by atoms with Crippen molar-refractivity contribution in [1.82, 2.24) is 15.6 Å². The molecule has 0 aliphatic rings. The lowest BCUT2D eigenvalue weighted by Gasteiger charge is -2.19. The highest BCUT2D eigenvalue weighted by Crippen LogP contribution is 2.34. The second-order valence-electron chi connectivity index (χ2n) is 11.4. The van der Waals surface area contributed by atoms with Crippen molar-refractivity contribution in [2.45, 2.75) is 58.0 Å². The zero-order valence-corrected chi connectivity index (χ0v) is 25.5. The first kappa shape index (κ1) is 32.2. The Morgan fingerprint density at radius 1 is 0.955 bits per heavy atom. The number of nitrogens with zero attached hydrogens (tertiary/aromatic N) is 1. The molecule has 9 heteroatoms. The molecule has 2 amide bonds. The van der Waals surface area contributed by atoms with Crippen molar-refractivity contribution in [3.8, 4) is 11.1 Å². The number of aromatic nitrogens is 1. The van der Waals surface area contributed by atoms with Crippen LogP contribution >= 0.6 is 0 Å². The van der Waals surface area contributed by atoms with E-state index in [1.807, 2.05) is 55.5 Å². The highest BCUT2D eigenvalue weighted by atomic mass is 16.4. The first-order valence-electron chi connectivity index (χ1n) is 14.9. The van der Waals surface area contributed by atoms with Gasteiger partial charge in [-0.25, -0.2) is 4.98 Å². The number of carbonyl (C=O) groups is 3. The molecule has 0 saturated heterocycles. The third-order valence-corrected chi connectivity index (χ3v) is 7.59. The van der Waals surface area contributed by atoms with Gasteiger partial charge in [-0.2, -0.15) is 0 Å². The summed E-state index contributed by atoms with van der Waals surface area (Å²) in [6.45, 7) is 6.64. The smallest absolute Gasteiger partial charge is 0.305 e. The number of carboxylic acids is 1. The van der Waals surface area contributed by atoms with E-state index in [0.29, 0.717) is 30.9 Å². The molecular formula is C35H41N5O4. The maximum Gasteiger partial charge on any atom is 0.305 e. The highest BCUT2D eigenvalue weighted by Gasteiger charge is 2.20. The Morgan fingerprint density at radius 3 is 2.36 bits per heavy atom. The van der Waals surface area contributed by atoms with E-state index in [0.717, 1.165) is 27.9 Å². The molecule has 6 N–H and O–H groups in total. The number of benzene rings is 3. The predicted octanol–water partition coefficient (Wildman–Crippen LogP) is 5.30. The number of aryl methyl sites for hydroxylation is 1. The molecule has 1 heterocycles. The number of hydrogen-bond acceptors (Lipinski definition) is 6. The van der Waals surface area contributed by atoms with Gasteiger partial charge in [-0.15, -0.1) is 0 Å². The second-order valence-corrected chi connectivity index (χ2v) is 11.4. The number of nitrogens with one attached hydrogen (secondary N) is 3. The number of hydrogen-bond donors (Lipinski definition) is 5. The van der Waals surface area contributed by atoms with E-state index in [4.69, 9.17) is 5.73 Å². The molecule has 4 aromatic rings. The number of nitrogens with two attached hydrogens (primary N) is 1. The Morgan fingerprint density at radius 2 is 1.68 bits per heavy atom. The second kappa shape index (κ2) is 15.1. The molecule has 44 heavy (non-hydrogen) atoms. The molecule has 0 unspecified atom stereocenters. The predicted molar refractivity (Wildman–Crippen MR) is 174 cm³/mol. The summed E-state index contributed by atoms with van der Waals surface area (Å²) in [4.78, 5) is 41.1. The minimum atomic E-state index is -1.05. The topological polar surface area (TPSA) is 146 Å². The molecular weight excluding hydrogens is 554 g/mol. The number of carboxylic acid groups (broad SMARTS) is 1. The molecule has 1 aromatic heterocycles. The molecule has 2 atom stereocenters. The van der Waals surface area contributed by atoms with Crippen LogP contribution in [0.3, 0.4) is 0 Å². The first-order chi connectivity index (χ1) is 21.1. The Bertz CT molecular complexity index is 1600. The number of anilines is 1. The van der Waals surface area contributed by atoms with Crippen LogP contribution in [0, 0.1) is 6.92 Å². The van der Waals surface area contributed by atoms with Gasteiger partial charge in [-0.05, 0) is 76.4 Å². The summed E-state index contributed by atoms with van der Waals surface area (Å²) < 4.78 is 0. The minimum absolute atomic E-state index is 0.298. The Hall–Kier alpha value is -4.76. The molecule has 230 valence electrons. The molecule has 3 aromatic carbocycles. The van der Waals surface area contributed by atoms with Crippen molar-refractivity contribution in [2.24, 2.45) is 5.73 Å². The average molecular weight is 596 g/mol. The SMILES string of the molecule is Cc1ccnc(NCCC[C@H](N)C(=O)NCC(=O)N[C@@H](CC(=O)O)c2ccc(-c3ccc(C(C)C)c4ccccc34)cc2)c1. The molecule has 0 bridgehead atoms. The van der Waals surface area contributed by atoms with E-state index in [9.17, 15) is 19.5 Å². The van der Waals surface area contributed by atoms with Gasteiger partial charge in [0, 0.05) is 12.7 Å². The normalized spacial score (nSPS) is 12.5. The van der Waals surface area contributed by atoms with Gasteiger partial charge in [-0.1, -0.05) is 74.5 Å². The van der Waals surface area contributed by atoms with Crippen LogP contribution in [0.1, 0.15) is 61.8 Å². The molecule has 0 radical (unpaired) electrons. The molecule has 9 nitrogen and oxygen atoms in total. The number of carbonyl (C=O) groups excluding carboxylic acids is 2. The largest absolute Gasteiger partial charge is 0.481 e. The van der Waals surface area contributed by atoms with Crippen molar-refractivity contribution in [2.75, 3.05) is 18.4 Å². The van der Waals surface area contributed by atoms with Crippen molar-refractivity contribution in [3.63, 3.8) is 0 Å². The van der Waals surface area contributed by atoms with Gasteiger partial charge in [0.05, 0.1) is 25.0 Å². The zero-order valence-electron chi connectivity index (χ0n) is 25.5. The first-order valence-corrected chi connectivity index (χ1v) is 14.9. The average Bonchev–Trinajstić information content (AvgIpc) is 3.00. The quantitative estimate of drug-likeness (QED) is 0.124. The van der Waals surface area contributed by atoms with E-state index in [1.165, 1.54) is 10.9 Å². The van der Waals surface area contributed by atoms with E-state index in [-0.39, 0.29) is 13.0 Å². The molecule has 0 aliphatic heterocycles. The molecule has 0 fully saturated rings. The zero-order chi connectivity index (χ0) is 31.6. The monoisotopic (exact) mass is 595 g/mol. The molecule has 4 rings (SSSR count). The van der Waals surface area contributed by atoms with Crippen LogP contribution in [-0.4, -0.2) is 47.0 Å². The number of pyridine rings is 1. The van der Waals surface area contributed by atoms with E-state index < -0.39 is 29.9 Å². The maximum absolute atomic E-state index is 12.7. The summed E-state index contributed by atoms with van der Waals surface area (Å²) in [5, 5.41) is 20.4. The van der Waals surface area contributed by atoms with Gasteiger partial charge in [-0.3, -0.25) is 14.4 Å². The Balaban J connectivity index is 1.33. The fourth-order valence-corrected chi connectivity index (χ4v) is 5.25. The number of aliphatic carboxylic acids is 1. The van der Waals surface area contributed by atoms with Crippen LogP contribution in [0.4, 0.5) is 5.82 Å². The van der Waals surface area contributed by atoms with Crippen molar-refractivity contribution in [1.29, 1.82) is 0 Å². The Kier molecular flexibility index (Phi) is 11.0. The lowest BCUT2D eigenvalue weighted by molar-refractivity contribution is -0.138. The molecule has 0 aliphatic carbocycles. The lowest BCUT2D eigenvalue weighted by Crippen LogP contribution is -2.45. The Labute approximate surface area is 258 Å². The van der Waals surface area contributed by atoms with Gasteiger partial charge in [0.2, 0.25) is 11.8 Å². The van der Waals surface area contributed by atoms with Gasteiger partial charge < -0.3 is 26.8 Å². The summed E-state index contributed by atoms with van der Waals surface area (Å²) in [7, 11) is 0. The van der Waals surface area contributed by atoms with Crippen molar-refractivity contribution >= 4 is 34.4 Å². The van der Waals surface area contributed by atoms with Gasteiger partial charge >= 0.3 is 5.97 Å². The summed E-state index contributed by atoms with van der Waals surface area (Å²) in [6.07, 6.45) is 2.50. The van der Waals surface area contributed by atoms with E-state index in [2.05, 4.69) is 59.0 Å². The van der Waals surface area contributed by atoms with Gasteiger partial charge in [0.25, 0.3) is 0 Å². The van der Waals surface area contributed by atoms with E-state index >= 15 is 0 Å². The van der Waals surface area contributed by atoms with Crippen LogP contribution in [0.15, 0.2) is 79.0 Å². The van der Waals surface area contributed by atoms with Crippen LogP contribution in [0.25, 0.3) is 21.9 Å². The van der Waals surface area contributed by atoms with Gasteiger partial charge in [0.15, 0.2) is 0 Å². The van der Waals surface area contributed by atoms with Crippen molar-refractivity contribution < 1.29 is 19.5 Å². The van der Waals surface area contributed by atoms with Crippen LogP contribution in [0.5, 0.6) is 0 Å². The van der Waals surface area contributed by atoms with Crippen LogP contribution in [0.2, 0.25) is 0 Å². The highest BCUT2D eigenvalue weighted by molar-refractivity contribution is 5.98. The van der Waals surface area contributed by atoms with Crippen molar-refractivity contribution in [3.05, 3.63) is 95.7 Å². The summed E-state index contributed by atoms with van der Waals surface area (Å²) in [5.41, 5.74) is 11.1. The van der Waals surface area contributed by atoms with Crippen LogP contribution in [-0.2, 0) is 14.4 Å². The number of amides is 2. The van der Waals surface area contributed by atoms with Crippen LogP contribution < -0.4 is 21.7 Å². The molecule has 0 saturated carbocycles. The third-order valence-electron chi connectivity index (χ3n) is 7.59. The minimum Gasteiger partial charge on any atom is -0.481 e. The standard InChI is InChI=1S/C35H41N5O4/c1-22(2)26-14-15-27(29-8-5-4-7-28(26)29)24-10-12-25(13-11-24)31(20-34(42)43)40-33(41)21-39-35(44)30(36)9-6-17-37-32-19-23(3)16-18-38-32/h4-5,7-8,10-16,18-19,22,30-31H,6,9,17,20-21,36H2,1-3H3,(H,37,38)(H,39,44)(H,40,41)(H,42,43)/t30-,31-/m0/s1. The number of fused-ring (bicyclic) bond motifs is 1. The molecule has 0 spiro atoms. The summed E-state index contributed by atoms with van der Waals surface area (Å²) >= 11 is 0. The van der Waals surface area contributed by atoms with Gasteiger partial charge in [0.1, 0.15) is 5.82 Å². The summed E-state index contributed by atoms with van der Waals surface area (Å²) in [6, 6.07) is 22.5. The third kappa shape index (κ3) is 8.64. The summed E-state index contributed by atoms with van der Waals surface area (Å²) in [5.74, 6) is -0.831. The van der Waals surface area contributed by atoms with E-state index in [1.54, 1.807) is 6.20 Å². The maximum atomic E-state index is 12.7. The fraction of sp³-hybridized carbons (Fsp3) is 0.314. The number of rotatable bonds is 14. The fourth-order valence-electron chi connectivity index (χ4n) is 5.25. The lowest BCUT2D eigenvalue weighted by atomic mass is 9.90.